The van der Waals surface area contributed by atoms with Crippen molar-refractivity contribution in [2.24, 2.45) is 5.92 Å². The van der Waals surface area contributed by atoms with Crippen LogP contribution in [0.2, 0.25) is 5.02 Å². The van der Waals surface area contributed by atoms with Gasteiger partial charge in [0.1, 0.15) is 0 Å². The highest BCUT2D eigenvalue weighted by molar-refractivity contribution is 7.90. The van der Waals surface area contributed by atoms with Gasteiger partial charge in [0.25, 0.3) is 5.91 Å². The van der Waals surface area contributed by atoms with Crippen molar-refractivity contribution in [3.8, 4) is 0 Å². The second-order valence-electron chi connectivity index (χ2n) is 5.55. The Morgan fingerprint density at radius 2 is 2.14 bits per heavy atom. The van der Waals surface area contributed by atoms with Crippen LogP contribution in [0.5, 0.6) is 0 Å². The average molecular weight is 346 g/mol. The van der Waals surface area contributed by atoms with E-state index in [1.165, 1.54) is 31.0 Å². The highest BCUT2D eigenvalue weighted by atomic mass is 35.5. The van der Waals surface area contributed by atoms with Crippen molar-refractivity contribution in [1.29, 1.82) is 0 Å². The molecule has 0 aromatic heterocycles. The number of amides is 1. The van der Waals surface area contributed by atoms with Gasteiger partial charge >= 0.3 is 0 Å². The number of carbonyl (C=O) groups excluding carboxylic acids is 1. The third kappa shape index (κ3) is 5.26. The van der Waals surface area contributed by atoms with Gasteiger partial charge in [0.2, 0.25) is 0 Å². The summed E-state index contributed by atoms with van der Waals surface area (Å²) in [4.78, 5) is 12.0. The maximum absolute atomic E-state index is 12.0. The molecule has 1 aromatic rings. The Labute approximate surface area is 135 Å². The van der Waals surface area contributed by atoms with E-state index in [9.17, 15) is 13.2 Å². The van der Waals surface area contributed by atoms with Crippen molar-refractivity contribution in [1.82, 2.24) is 5.32 Å². The fraction of sp³-hybridized carbons (Fsp3) is 0.533. The van der Waals surface area contributed by atoms with Crippen LogP contribution in [0.1, 0.15) is 29.6 Å². The van der Waals surface area contributed by atoms with Gasteiger partial charge in [-0.15, -0.1) is 0 Å². The lowest BCUT2D eigenvalue weighted by Gasteiger charge is -2.08. The zero-order valence-corrected chi connectivity index (χ0v) is 14.0. The third-order valence-electron chi connectivity index (χ3n) is 3.39. The molecule has 1 fully saturated rings. The maximum Gasteiger partial charge on any atom is 0.251 e. The molecule has 7 heteroatoms. The van der Waals surface area contributed by atoms with E-state index in [0.717, 1.165) is 25.2 Å². The lowest BCUT2D eigenvalue weighted by Crippen LogP contribution is -2.25. The molecule has 1 aliphatic rings. The van der Waals surface area contributed by atoms with Crippen molar-refractivity contribution in [2.45, 2.75) is 24.2 Å². The van der Waals surface area contributed by atoms with E-state index in [2.05, 4.69) is 5.32 Å². The predicted molar refractivity (Wildman–Crippen MR) is 85.1 cm³/mol. The molecule has 0 saturated heterocycles. The molecule has 0 aliphatic heterocycles. The Morgan fingerprint density at radius 1 is 1.41 bits per heavy atom. The fourth-order valence-corrected chi connectivity index (χ4v) is 3.24. The monoisotopic (exact) mass is 345 g/mol. The number of rotatable bonds is 8. The highest BCUT2D eigenvalue weighted by Crippen LogP contribution is 2.28. The Bertz CT molecular complexity index is 641. The van der Waals surface area contributed by atoms with E-state index in [-0.39, 0.29) is 21.4 Å². The molecule has 22 heavy (non-hydrogen) atoms. The summed E-state index contributed by atoms with van der Waals surface area (Å²) < 4.78 is 28.7. The highest BCUT2D eigenvalue weighted by Gasteiger charge is 2.20. The van der Waals surface area contributed by atoms with Gasteiger partial charge in [0.05, 0.1) is 9.92 Å². The summed E-state index contributed by atoms with van der Waals surface area (Å²) >= 11 is 5.85. The van der Waals surface area contributed by atoms with E-state index in [0.29, 0.717) is 13.2 Å². The van der Waals surface area contributed by atoms with Gasteiger partial charge in [-0.05, 0) is 43.4 Å². The van der Waals surface area contributed by atoms with Crippen molar-refractivity contribution < 1.29 is 17.9 Å². The average Bonchev–Trinajstić information content (AvgIpc) is 3.25. The van der Waals surface area contributed by atoms with Gasteiger partial charge in [-0.3, -0.25) is 4.79 Å². The van der Waals surface area contributed by atoms with E-state index in [1.807, 2.05) is 0 Å². The lowest BCUT2D eigenvalue weighted by molar-refractivity contribution is 0.0937. The van der Waals surface area contributed by atoms with Crippen molar-refractivity contribution in [2.75, 3.05) is 26.0 Å². The smallest absolute Gasteiger partial charge is 0.251 e. The van der Waals surface area contributed by atoms with Gasteiger partial charge in [-0.1, -0.05) is 11.6 Å². The van der Waals surface area contributed by atoms with Crippen LogP contribution in [0.4, 0.5) is 0 Å². The zero-order valence-electron chi connectivity index (χ0n) is 12.5. The number of sulfone groups is 1. The van der Waals surface area contributed by atoms with Crippen LogP contribution in [0.3, 0.4) is 0 Å². The van der Waals surface area contributed by atoms with Crippen LogP contribution in [-0.4, -0.2) is 40.3 Å². The number of benzene rings is 1. The first kappa shape index (κ1) is 17.2. The molecule has 1 amide bonds. The largest absolute Gasteiger partial charge is 0.381 e. The number of hydrogen-bond donors (Lipinski definition) is 1. The molecule has 5 nitrogen and oxygen atoms in total. The SMILES string of the molecule is CS(=O)(=O)c1cc(C(=O)NCCCOCC2CC2)ccc1Cl. The number of ether oxygens (including phenoxy) is 1. The molecule has 0 unspecified atom stereocenters. The molecule has 0 heterocycles. The Morgan fingerprint density at radius 3 is 2.77 bits per heavy atom. The molecule has 0 spiro atoms. The van der Waals surface area contributed by atoms with E-state index < -0.39 is 9.84 Å². The minimum absolute atomic E-state index is 0.0328. The summed E-state index contributed by atoms with van der Waals surface area (Å²) in [6.45, 7) is 1.91. The Balaban J connectivity index is 1.81. The van der Waals surface area contributed by atoms with Gasteiger partial charge < -0.3 is 10.1 Å². The number of nitrogens with one attached hydrogen (secondary N) is 1. The van der Waals surface area contributed by atoms with Crippen molar-refractivity contribution in [3.63, 3.8) is 0 Å². The van der Waals surface area contributed by atoms with Crippen LogP contribution in [-0.2, 0) is 14.6 Å². The molecule has 0 bridgehead atoms. The second-order valence-corrected chi connectivity index (χ2v) is 7.94. The second kappa shape index (κ2) is 7.44. The molecule has 1 aromatic carbocycles. The fourth-order valence-electron chi connectivity index (χ4n) is 1.94. The molecule has 1 N–H and O–H groups in total. The van der Waals surface area contributed by atoms with Gasteiger partial charge in [0.15, 0.2) is 9.84 Å². The lowest BCUT2D eigenvalue weighted by atomic mass is 10.2. The molecule has 0 atom stereocenters. The van der Waals surface area contributed by atoms with Crippen LogP contribution < -0.4 is 5.32 Å². The van der Waals surface area contributed by atoms with Crippen LogP contribution in [0, 0.1) is 5.92 Å². The summed E-state index contributed by atoms with van der Waals surface area (Å²) in [5, 5.41) is 2.86. The minimum Gasteiger partial charge on any atom is -0.381 e. The van der Waals surface area contributed by atoms with E-state index in [1.54, 1.807) is 0 Å². The molecule has 1 saturated carbocycles. The van der Waals surface area contributed by atoms with E-state index in [4.69, 9.17) is 16.3 Å². The van der Waals surface area contributed by atoms with Crippen LogP contribution >= 0.6 is 11.6 Å². The first-order chi connectivity index (χ1) is 10.4. The third-order valence-corrected chi connectivity index (χ3v) is 4.97. The Kier molecular flexibility index (Phi) is 5.83. The van der Waals surface area contributed by atoms with Gasteiger partial charge in [-0.2, -0.15) is 0 Å². The van der Waals surface area contributed by atoms with Crippen molar-refractivity contribution in [3.05, 3.63) is 28.8 Å². The van der Waals surface area contributed by atoms with Crippen LogP contribution in [0.25, 0.3) is 0 Å². The maximum atomic E-state index is 12.0. The summed E-state index contributed by atoms with van der Waals surface area (Å²) in [7, 11) is -3.46. The van der Waals surface area contributed by atoms with Crippen molar-refractivity contribution >= 4 is 27.3 Å². The molecular weight excluding hydrogens is 326 g/mol. The summed E-state index contributed by atoms with van der Waals surface area (Å²) in [6, 6.07) is 4.23. The van der Waals surface area contributed by atoms with Crippen LogP contribution in [0.15, 0.2) is 23.1 Å². The summed E-state index contributed by atoms with van der Waals surface area (Å²) in [5.74, 6) is 0.418. The zero-order chi connectivity index (χ0) is 16.2. The summed E-state index contributed by atoms with van der Waals surface area (Å²) in [5.41, 5.74) is 0.281. The number of hydrogen-bond acceptors (Lipinski definition) is 4. The number of carbonyl (C=O) groups is 1. The first-order valence-corrected chi connectivity index (χ1v) is 9.50. The standard InChI is InChI=1S/C15H20ClNO4S/c1-22(19,20)14-9-12(5-6-13(14)16)15(18)17-7-2-8-21-10-11-3-4-11/h5-6,9,11H,2-4,7-8,10H2,1H3,(H,17,18). The topological polar surface area (TPSA) is 72.5 Å². The normalized spacial score (nSPS) is 14.8. The van der Waals surface area contributed by atoms with E-state index >= 15 is 0 Å². The quantitative estimate of drug-likeness (QED) is 0.734. The molecule has 2 rings (SSSR count). The molecular formula is C15H20ClNO4S. The molecule has 1 aliphatic carbocycles. The summed E-state index contributed by atoms with van der Waals surface area (Å²) in [6.07, 6.45) is 4.31. The van der Waals surface area contributed by atoms with Gasteiger partial charge in [0, 0.05) is 31.6 Å². The first-order valence-electron chi connectivity index (χ1n) is 7.23. The molecule has 122 valence electrons. The van der Waals surface area contributed by atoms with Gasteiger partial charge in [-0.25, -0.2) is 8.42 Å². The predicted octanol–water partition coefficient (Wildman–Crippen LogP) is 2.29. The number of halogens is 1. The Hall–Kier alpha value is -1.11. The molecule has 0 radical (unpaired) electrons. The minimum atomic E-state index is -3.46.